The molecule has 3 nitrogen and oxygen atoms in total. The van der Waals surface area contributed by atoms with Crippen LogP contribution in [0.3, 0.4) is 0 Å². The van der Waals surface area contributed by atoms with Crippen molar-refractivity contribution in [3.05, 3.63) is 59.3 Å². The van der Waals surface area contributed by atoms with Gasteiger partial charge >= 0.3 is 0 Å². The van der Waals surface area contributed by atoms with Crippen molar-refractivity contribution < 1.29 is 13.6 Å². The average molecular weight is 336 g/mol. The normalized spacial score (nSPS) is 10.9. The van der Waals surface area contributed by atoms with E-state index in [1.807, 2.05) is 13.8 Å². The standard InChI is InChI=1S/C17H18F2N2OS/c1-11(2)23-16-14(5-4-8-20-16)17(22)21(3)10-12-6-7-13(18)9-15(12)19/h4-9,11H,10H2,1-3H3. The first-order valence-electron chi connectivity index (χ1n) is 7.19. The van der Waals surface area contributed by atoms with Crippen molar-refractivity contribution in [1.82, 2.24) is 9.88 Å². The maximum Gasteiger partial charge on any atom is 0.256 e. The van der Waals surface area contributed by atoms with Gasteiger partial charge in [-0.2, -0.15) is 0 Å². The summed E-state index contributed by atoms with van der Waals surface area (Å²) in [6.45, 7) is 4.10. The van der Waals surface area contributed by atoms with Gasteiger partial charge in [0.15, 0.2) is 0 Å². The zero-order valence-corrected chi connectivity index (χ0v) is 14.0. The number of thioether (sulfide) groups is 1. The van der Waals surface area contributed by atoms with Crippen molar-refractivity contribution in [2.45, 2.75) is 30.7 Å². The van der Waals surface area contributed by atoms with Gasteiger partial charge in [-0.1, -0.05) is 19.9 Å². The van der Waals surface area contributed by atoms with E-state index >= 15 is 0 Å². The first kappa shape index (κ1) is 17.4. The summed E-state index contributed by atoms with van der Waals surface area (Å²) in [5, 5.41) is 0.940. The summed E-state index contributed by atoms with van der Waals surface area (Å²) in [4.78, 5) is 18.3. The van der Waals surface area contributed by atoms with Crippen LogP contribution < -0.4 is 0 Å². The second kappa shape index (κ2) is 7.55. The molecule has 0 N–H and O–H groups in total. The number of pyridine rings is 1. The number of amides is 1. The number of carbonyl (C=O) groups is 1. The topological polar surface area (TPSA) is 33.2 Å². The lowest BCUT2D eigenvalue weighted by Crippen LogP contribution is -2.27. The van der Waals surface area contributed by atoms with Crippen LogP contribution in [0.1, 0.15) is 29.8 Å². The van der Waals surface area contributed by atoms with E-state index in [-0.39, 0.29) is 23.3 Å². The fourth-order valence-corrected chi connectivity index (χ4v) is 2.90. The molecule has 0 saturated carbocycles. The minimum absolute atomic E-state index is 0.0611. The van der Waals surface area contributed by atoms with E-state index in [0.717, 1.165) is 6.07 Å². The molecule has 2 aromatic rings. The van der Waals surface area contributed by atoms with E-state index in [1.54, 1.807) is 25.4 Å². The van der Waals surface area contributed by atoms with Crippen molar-refractivity contribution >= 4 is 17.7 Å². The maximum absolute atomic E-state index is 13.7. The van der Waals surface area contributed by atoms with Gasteiger partial charge < -0.3 is 4.90 Å². The predicted octanol–water partition coefficient (Wildman–Crippen LogP) is 4.13. The van der Waals surface area contributed by atoms with Crippen molar-refractivity contribution in [3.8, 4) is 0 Å². The van der Waals surface area contributed by atoms with Crippen LogP contribution in [0.5, 0.6) is 0 Å². The Morgan fingerprint density at radius 3 is 2.70 bits per heavy atom. The van der Waals surface area contributed by atoms with Gasteiger partial charge in [-0.25, -0.2) is 13.8 Å². The highest BCUT2D eigenvalue weighted by Gasteiger charge is 2.19. The number of halogens is 2. The molecule has 0 aliphatic heterocycles. The van der Waals surface area contributed by atoms with Gasteiger partial charge in [0, 0.05) is 36.7 Å². The van der Waals surface area contributed by atoms with Gasteiger partial charge in [-0.3, -0.25) is 4.79 Å². The summed E-state index contributed by atoms with van der Waals surface area (Å²) in [7, 11) is 1.59. The van der Waals surface area contributed by atoms with Gasteiger partial charge in [-0.15, -0.1) is 11.8 Å². The zero-order chi connectivity index (χ0) is 17.0. The van der Waals surface area contributed by atoms with E-state index < -0.39 is 11.6 Å². The second-order valence-electron chi connectivity index (χ2n) is 5.42. The first-order valence-corrected chi connectivity index (χ1v) is 8.07. The molecule has 23 heavy (non-hydrogen) atoms. The molecule has 0 bridgehead atoms. The second-order valence-corrected chi connectivity index (χ2v) is 6.98. The van der Waals surface area contributed by atoms with Crippen LogP contribution in [0.25, 0.3) is 0 Å². The Morgan fingerprint density at radius 2 is 2.04 bits per heavy atom. The van der Waals surface area contributed by atoms with Crippen LogP contribution in [0.15, 0.2) is 41.6 Å². The quantitative estimate of drug-likeness (QED) is 0.770. The number of aromatic nitrogens is 1. The Hall–Kier alpha value is -1.95. The Morgan fingerprint density at radius 1 is 1.30 bits per heavy atom. The van der Waals surface area contributed by atoms with Crippen LogP contribution >= 0.6 is 11.8 Å². The Labute approximate surface area is 138 Å². The van der Waals surface area contributed by atoms with Crippen molar-refractivity contribution in [2.75, 3.05) is 7.05 Å². The van der Waals surface area contributed by atoms with Crippen LogP contribution in [-0.4, -0.2) is 28.1 Å². The zero-order valence-electron chi connectivity index (χ0n) is 13.2. The van der Waals surface area contributed by atoms with E-state index in [1.165, 1.54) is 28.8 Å². The number of hydrogen-bond acceptors (Lipinski definition) is 3. The minimum Gasteiger partial charge on any atom is -0.337 e. The highest BCUT2D eigenvalue weighted by Crippen LogP contribution is 2.25. The molecule has 1 heterocycles. The lowest BCUT2D eigenvalue weighted by Gasteiger charge is -2.19. The van der Waals surface area contributed by atoms with Crippen LogP contribution in [0.2, 0.25) is 0 Å². The average Bonchev–Trinajstić information content (AvgIpc) is 2.49. The molecule has 2 rings (SSSR count). The van der Waals surface area contributed by atoms with Gasteiger partial charge in [-0.05, 0) is 18.2 Å². The van der Waals surface area contributed by atoms with E-state index in [2.05, 4.69) is 4.98 Å². The van der Waals surface area contributed by atoms with E-state index in [4.69, 9.17) is 0 Å². The molecule has 0 saturated heterocycles. The van der Waals surface area contributed by atoms with Gasteiger partial charge in [0.05, 0.1) is 5.56 Å². The Kier molecular flexibility index (Phi) is 5.71. The number of carbonyl (C=O) groups excluding carboxylic acids is 1. The van der Waals surface area contributed by atoms with Crippen LogP contribution in [-0.2, 0) is 6.54 Å². The third-order valence-corrected chi connectivity index (χ3v) is 4.14. The number of benzene rings is 1. The number of nitrogens with zero attached hydrogens (tertiary/aromatic N) is 2. The molecular formula is C17H18F2N2OS. The molecule has 0 unspecified atom stereocenters. The summed E-state index contributed by atoms with van der Waals surface area (Å²) >= 11 is 1.50. The third kappa shape index (κ3) is 4.51. The molecule has 0 radical (unpaired) electrons. The molecule has 0 fully saturated rings. The molecule has 0 spiro atoms. The molecule has 1 aromatic carbocycles. The van der Waals surface area contributed by atoms with Crippen molar-refractivity contribution in [3.63, 3.8) is 0 Å². The first-order chi connectivity index (χ1) is 10.9. The van der Waals surface area contributed by atoms with Crippen molar-refractivity contribution in [2.24, 2.45) is 0 Å². The molecule has 1 aromatic heterocycles. The summed E-state index contributed by atoms with van der Waals surface area (Å²) < 4.78 is 26.7. The fraction of sp³-hybridized carbons (Fsp3) is 0.294. The SMILES string of the molecule is CC(C)Sc1ncccc1C(=O)N(C)Cc1ccc(F)cc1F. The highest BCUT2D eigenvalue weighted by atomic mass is 32.2. The molecule has 0 atom stereocenters. The molecule has 6 heteroatoms. The largest absolute Gasteiger partial charge is 0.337 e. The molecule has 122 valence electrons. The van der Waals surface area contributed by atoms with Crippen LogP contribution in [0, 0.1) is 11.6 Å². The number of hydrogen-bond donors (Lipinski definition) is 0. The predicted molar refractivity (Wildman–Crippen MR) is 87.4 cm³/mol. The number of rotatable bonds is 5. The summed E-state index contributed by atoms with van der Waals surface area (Å²) in [6, 6.07) is 6.75. The van der Waals surface area contributed by atoms with Gasteiger partial charge in [0.25, 0.3) is 5.91 Å². The highest BCUT2D eigenvalue weighted by molar-refractivity contribution is 7.99. The van der Waals surface area contributed by atoms with E-state index in [9.17, 15) is 13.6 Å². The lowest BCUT2D eigenvalue weighted by molar-refractivity contribution is 0.0779. The summed E-state index contributed by atoms with van der Waals surface area (Å²) in [5.41, 5.74) is 0.750. The molecule has 1 amide bonds. The van der Waals surface area contributed by atoms with E-state index in [0.29, 0.717) is 10.6 Å². The van der Waals surface area contributed by atoms with Crippen LogP contribution in [0.4, 0.5) is 8.78 Å². The molecule has 0 aliphatic carbocycles. The minimum atomic E-state index is -0.660. The monoisotopic (exact) mass is 336 g/mol. The van der Waals surface area contributed by atoms with Gasteiger partial charge in [0.2, 0.25) is 0 Å². The smallest absolute Gasteiger partial charge is 0.256 e. The summed E-state index contributed by atoms with van der Waals surface area (Å²) in [6.07, 6.45) is 1.64. The Bertz CT molecular complexity index is 707. The summed E-state index contributed by atoms with van der Waals surface area (Å²) in [5.74, 6) is -1.54. The maximum atomic E-state index is 13.7. The fourth-order valence-electron chi connectivity index (χ4n) is 2.05. The lowest BCUT2D eigenvalue weighted by atomic mass is 10.2. The third-order valence-electron chi connectivity index (χ3n) is 3.12. The molecular weight excluding hydrogens is 318 g/mol. The van der Waals surface area contributed by atoms with Crippen molar-refractivity contribution in [1.29, 1.82) is 0 Å². The van der Waals surface area contributed by atoms with Gasteiger partial charge in [0.1, 0.15) is 16.7 Å². The Balaban J connectivity index is 2.20. The molecule has 0 aliphatic rings.